The highest BCUT2D eigenvalue weighted by Crippen LogP contribution is 2.25. The number of anilines is 1. The van der Waals surface area contributed by atoms with Crippen molar-refractivity contribution in [3.8, 4) is 0 Å². The van der Waals surface area contributed by atoms with Crippen LogP contribution in [0.4, 0.5) is 5.69 Å². The predicted molar refractivity (Wildman–Crippen MR) is 87.6 cm³/mol. The number of carbonyl (C=O) groups excluding carboxylic acids is 1. The van der Waals surface area contributed by atoms with E-state index in [1.165, 1.54) is 0 Å². The number of hydrogen-bond donors (Lipinski definition) is 1. The van der Waals surface area contributed by atoms with E-state index in [1.807, 2.05) is 30.3 Å². The minimum absolute atomic E-state index is 0.0656. The Bertz CT molecular complexity index is 614. The fraction of sp³-hybridized carbons (Fsp3) is 0.133. The van der Waals surface area contributed by atoms with Gasteiger partial charge in [0.25, 0.3) is 0 Å². The van der Waals surface area contributed by atoms with Crippen molar-refractivity contribution in [3.05, 3.63) is 62.5 Å². The maximum absolute atomic E-state index is 11.9. The Kier molecular flexibility index (Phi) is 5.46. The van der Waals surface area contributed by atoms with Crippen molar-refractivity contribution < 1.29 is 4.79 Å². The van der Waals surface area contributed by atoms with Gasteiger partial charge in [-0.3, -0.25) is 4.79 Å². The maximum Gasteiger partial charge on any atom is 0.224 e. The summed E-state index contributed by atoms with van der Waals surface area (Å²) in [6.07, 6.45) is 1.06. The van der Waals surface area contributed by atoms with E-state index in [0.29, 0.717) is 28.6 Å². The molecule has 1 N–H and O–H groups in total. The number of rotatable bonds is 4. The Morgan fingerprint density at radius 2 is 1.80 bits per heavy atom. The highest BCUT2D eigenvalue weighted by atomic mass is 79.9. The van der Waals surface area contributed by atoms with E-state index in [0.717, 1.165) is 10.0 Å². The number of halogens is 3. The second kappa shape index (κ2) is 7.11. The van der Waals surface area contributed by atoms with Crippen LogP contribution >= 0.6 is 39.1 Å². The molecule has 0 atom stereocenters. The summed E-state index contributed by atoms with van der Waals surface area (Å²) in [6.45, 7) is 0. The summed E-state index contributed by atoms with van der Waals surface area (Å²) in [5.74, 6) is -0.0656. The van der Waals surface area contributed by atoms with Crippen molar-refractivity contribution in [2.75, 3.05) is 5.32 Å². The zero-order chi connectivity index (χ0) is 14.5. The molecule has 2 aromatic carbocycles. The van der Waals surface area contributed by atoms with Gasteiger partial charge in [0.15, 0.2) is 0 Å². The van der Waals surface area contributed by atoms with E-state index in [-0.39, 0.29) is 5.91 Å². The molecular weight excluding hydrogens is 361 g/mol. The van der Waals surface area contributed by atoms with Crippen LogP contribution in [-0.4, -0.2) is 5.91 Å². The van der Waals surface area contributed by atoms with Gasteiger partial charge in [0.1, 0.15) is 0 Å². The fourth-order valence-electron chi connectivity index (χ4n) is 1.71. The predicted octanol–water partition coefficient (Wildman–Crippen LogP) is 5.33. The van der Waals surface area contributed by atoms with Crippen molar-refractivity contribution in [2.24, 2.45) is 0 Å². The molecule has 0 aliphatic carbocycles. The number of carbonyl (C=O) groups is 1. The third-order valence-electron chi connectivity index (χ3n) is 2.76. The molecule has 2 rings (SSSR count). The Morgan fingerprint density at radius 1 is 1.10 bits per heavy atom. The Morgan fingerprint density at radius 3 is 2.45 bits per heavy atom. The third-order valence-corrected chi connectivity index (χ3v) is 3.82. The second-order valence-corrected chi connectivity index (χ2v) is 6.06. The zero-order valence-corrected chi connectivity index (χ0v) is 13.6. The molecule has 0 bridgehead atoms. The number of amides is 1. The third kappa shape index (κ3) is 4.51. The molecule has 2 nitrogen and oxygen atoms in total. The summed E-state index contributed by atoms with van der Waals surface area (Å²) in [5.41, 5.74) is 1.70. The molecule has 2 aromatic rings. The smallest absolute Gasteiger partial charge is 0.224 e. The zero-order valence-electron chi connectivity index (χ0n) is 10.5. The monoisotopic (exact) mass is 371 g/mol. The molecular formula is C15H12BrCl2NO. The van der Waals surface area contributed by atoms with Crippen LogP contribution in [0.25, 0.3) is 0 Å². The molecule has 0 aliphatic heterocycles. The summed E-state index contributed by atoms with van der Waals surface area (Å²) < 4.78 is 0.877. The van der Waals surface area contributed by atoms with Gasteiger partial charge in [-0.1, -0.05) is 51.3 Å². The van der Waals surface area contributed by atoms with Gasteiger partial charge < -0.3 is 5.32 Å². The summed E-state index contributed by atoms with van der Waals surface area (Å²) in [6, 6.07) is 12.8. The van der Waals surface area contributed by atoms with E-state index in [4.69, 9.17) is 23.2 Å². The van der Waals surface area contributed by atoms with E-state index >= 15 is 0 Å². The van der Waals surface area contributed by atoms with Gasteiger partial charge in [0.2, 0.25) is 5.91 Å². The van der Waals surface area contributed by atoms with Crippen LogP contribution in [0, 0.1) is 0 Å². The summed E-state index contributed by atoms with van der Waals surface area (Å²) in [7, 11) is 0. The lowest BCUT2D eigenvalue weighted by atomic mass is 10.1. The molecule has 0 fully saturated rings. The van der Waals surface area contributed by atoms with Gasteiger partial charge in [0.05, 0.1) is 10.7 Å². The molecule has 20 heavy (non-hydrogen) atoms. The minimum Gasteiger partial charge on any atom is -0.325 e. The first-order valence-corrected chi connectivity index (χ1v) is 7.59. The topological polar surface area (TPSA) is 29.1 Å². The number of benzene rings is 2. The summed E-state index contributed by atoms with van der Waals surface area (Å²) >= 11 is 15.2. The van der Waals surface area contributed by atoms with Gasteiger partial charge in [-0.2, -0.15) is 0 Å². The van der Waals surface area contributed by atoms with Gasteiger partial charge >= 0.3 is 0 Å². The van der Waals surface area contributed by atoms with Crippen LogP contribution in [0.3, 0.4) is 0 Å². The van der Waals surface area contributed by atoms with Crippen LogP contribution in [-0.2, 0) is 11.2 Å². The fourth-order valence-corrected chi connectivity index (χ4v) is 2.56. The first kappa shape index (κ1) is 15.4. The van der Waals surface area contributed by atoms with E-state index in [1.54, 1.807) is 12.1 Å². The highest BCUT2D eigenvalue weighted by Gasteiger charge is 2.06. The van der Waals surface area contributed by atoms with Crippen molar-refractivity contribution in [2.45, 2.75) is 12.8 Å². The number of aryl methyl sites for hydroxylation is 1. The largest absolute Gasteiger partial charge is 0.325 e. The van der Waals surface area contributed by atoms with Gasteiger partial charge in [-0.15, -0.1) is 0 Å². The molecule has 0 radical (unpaired) electrons. The first-order chi connectivity index (χ1) is 9.54. The second-order valence-electron chi connectivity index (χ2n) is 4.30. The van der Waals surface area contributed by atoms with Crippen LogP contribution in [0.1, 0.15) is 12.0 Å². The lowest BCUT2D eigenvalue weighted by Crippen LogP contribution is -2.12. The van der Waals surface area contributed by atoms with E-state index < -0.39 is 0 Å². The van der Waals surface area contributed by atoms with Crippen LogP contribution in [0.2, 0.25) is 10.0 Å². The molecule has 0 saturated heterocycles. The standard InChI is InChI=1S/C15H12BrCl2NO/c16-11-4-7-14(13(18)9-11)19-15(20)8-3-10-1-5-12(17)6-2-10/h1-2,4-7,9H,3,8H2,(H,19,20). The van der Waals surface area contributed by atoms with Gasteiger partial charge in [0, 0.05) is 15.9 Å². The average molecular weight is 373 g/mol. The first-order valence-electron chi connectivity index (χ1n) is 6.04. The van der Waals surface area contributed by atoms with Crippen molar-refractivity contribution in [1.29, 1.82) is 0 Å². The van der Waals surface area contributed by atoms with Crippen LogP contribution in [0.15, 0.2) is 46.9 Å². The van der Waals surface area contributed by atoms with Crippen molar-refractivity contribution in [3.63, 3.8) is 0 Å². The molecule has 0 unspecified atom stereocenters. The van der Waals surface area contributed by atoms with Gasteiger partial charge in [-0.25, -0.2) is 0 Å². The normalized spacial score (nSPS) is 10.3. The quantitative estimate of drug-likeness (QED) is 0.772. The summed E-state index contributed by atoms with van der Waals surface area (Å²) in [5, 5.41) is 4.01. The Labute approximate surface area is 136 Å². The van der Waals surface area contributed by atoms with Crippen molar-refractivity contribution >= 4 is 50.7 Å². The highest BCUT2D eigenvalue weighted by molar-refractivity contribution is 9.10. The lowest BCUT2D eigenvalue weighted by Gasteiger charge is -2.07. The van der Waals surface area contributed by atoms with Crippen LogP contribution in [0.5, 0.6) is 0 Å². The molecule has 1 amide bonds. The van der Waals surface area contributed by atoms with E-state index in [2.05, 4.69) is 21.2 Å². The molecule has 104 valence electrons. The van der Waals surface area contributed by atoms with E-state index in [9.17, 15) is 4.79 Å². The maximum atomic E-state index is 11.9. The number of hydrogen-bond acceptors (Lipinski definition) is 1. The molecule has 5 heteroatoms. The van der Waals surface area contributed by atoms with Crippen LogP contribution < -0.4 is 5.32 Å². The minimum atomic E-state index is -0.0656. The SMILES string of the molecule is O=C(CCc1ccc(Cl)cc1)Nc1ccc(Br)cc1Cl. The van der Waals surface area contributed by atoms with Crippen molar-refractivity contribution in [1.82, 2.24) is 0 Å². The molecule has 0 aliphatic rings. The Balaban J connectivity index is 1.90. The van der Waals surface area contributed by atoms with Gasteiger partial charge in [-0.05, 0) is 42.3 Å². The molecule has 0 heterocycles. The average Bonchev–Trinajstić information content (AvgIpc) is 2.41. The Hall–Kier alpha value is -1.03. The lowest BCUT2D eigenvalue weighted by molar-refractivity contribution is -0.116. The molecule has 0 aromatic heterocycles. The molecule has 0 saturated carbocycles. The number of nitrogens with one attached hydrogen (secondary N) is 1. The summed E-state index contributed by atoms with van der Waals surface area (Å²) in [4.78, 5) is 11.9. The molecule has 0 spiro atoms.